The Kier molecular flexibility index (Phi) is 35.4. The van der Waals surface area contributed by atoms with Crippen LogP contribution < -0.4 is 0 Å². The number of allylic oxidation sites excluding steroid dienone is 8. The monoisotopic (exact) mass is 761 g/mol. The van der Waals surface area contributed by atoms with Crippen molar-refractivity contribution >= 4 is 17.9 Å². The highest BCUT2D eigenvalue weighted by atomic mass is 16.6. The number of nitrogens with zero attached hydrogens (tertiary/aromatic N) is 1. The third-order valence-corrected chi connectivity index (χ3v) is 9.49. The second kappa shape index (κ2) is 37.2. The number of ether oxygens (including phenoxy) is 3. The molecule has 0 bridgehead atoms. The van der Waals surface area contributed by atoms with Crippen molar-refractivity contribution in [2.24, 2.45) is 0 Å². The summed E-state index contributed by atoms with van der Waals surface area (Å²) in [6.07, 6.45) is 42.9. The van der Waals surface area contributed by atoms with E-state index < -0.39 is 18.1 Å². The zero-order valence-corrected chi connectivity index (χ0v) is 35.4. The maximum absolute atomic E-state index is 12.7. The van der Waals surface area contributed by atoms with E-state index in [-0.39, 0.29) is 36.2 Å². The van der Waals surface area contributed by atoms with Crippen molar-refractivity contribution in [2.75, 3.05) is 41.0 Å². The van der Waals surface area contributed by atoms with Crippen molar-refractivity contribution in [2.45, 2.75) is 187 Å². The summed E-state index contributed by atoms with van der Waals surface area (Å²) >= 11 is 0. The Labute approximate surface area is 331 Å². The van der Waals surface area contributed by atoms with Crippen molar-refractivity contribution in [1.82, 2.24) is 0 Å². The van der Waals surface area contributed by atoms with Crippen LogP contribution in [0.4, 0.5) is 0 Å². The molecular weight excluding hydrogens is 679 g/mol. The number of rotatable bonds is 38. The molecule has 312 valence electrons. The van der Waals surface area contributed by atoms with Crippen molar-refractivity contribution in [1.29, 1.82) is 0 Å². The van der Waals surface area contributed by atoms with Gasteiger partial charge in [-0.15, -0.1) is 0 Å². The first-order valence-corrected chi connectivity index (χ1v) is 21.7. The van der Waals surface area contributed by atoms with Gasteiger partial charge in [-0.2, -0.15) is 0 Å². The lowest BCUT2D eigenvalue weighted by atomic mass is 10.1. The van der Waals surface area contributed by atoms with Gasteiger partial charge in [0.25, 0.3) is 0 Å². The Bertz CT molecular complexity index is 1030. The first-order valence-electron chi connectivity index (χ1n) is 21.7. The molecule has 54 heavy (non-hydrogen) atoms. The number of quaternary nitrogens is 1. The minimum atomic E-state index is -0.878. The van der Waals surface area contributed by atoms with Crippen LogP contribution >= 0.6 is 0 Å². The Hall–Kier alpha value is -2.71. The number of carboxylic acids is 1. The molecule has 0 heterocycles. The van der Waals surface area contributed by atoms with Gasteiger partial charge in [0.05, 0.1) is 34.4 Å². The van der Waals surface area contributed by atoms with Crippen LogP contribution in [0.25, 0.3) is 0 Å². The van der Waals surface area contributed by atoms with E-state index in [4.69, 9.17) is 14.2 Å². The van der Waals surface area contributed by atoms with E-state index in [0.717, 1.165) is 77.0 Å². The summed E-state index contributed by atoms with van der Waals surface area (Å²) in [5.74, 6) is -1.49. The summed E-state index contributed by atoms with van der Waals surface area (Å²) in [5.41, 5.74) is 0. The number of hydrogen-bond acceptors (Lipinski definition) is 6. The average Bonchev–Trinajstić information content (AvgIpc) is 3.12. The van der Waals surface area contributed by atoms with Crippen LogP contribution in [0.15, 0.2) is 48.6 Å². The summed E-state index contributed by atoms with van der Waals surface area (Å²) in [4.78, 5) is 36.9. The number of esters is 2. The van der Waals surface area contributed by atoms with E-state index in [1.807, 2.05) is 21.1 Å². The number of carbonyl (C=O) groups excluding carboxylic acids is 2. The van der Waals surface area contributed by atoms with Gasteiger partial charge in [-0.05, 0) is 51.4 Å². The van der Waals surface area contributed by atoms with Crippen molar-refractivity contribution in [3.63, 3.8) is 0 Å². The van der Waals surface area contributed by atoms with Crippen LogP contribution in [-0.2, 0) is 28.6 Å². The summed E-state index contributed by atoms with van der Waals surface area (Å²) in [6.45, 7) is 4.60. The predicted molar refractivity (Wildman–Crippen MR) is 224 cm³/mol. The molecule has 0 aromatic heterocycles. The molecule has 0 aliphatic heterocycles. The van der Waals surface area contributed by atoms with Crippen LogP contribution in [0.5, 0.6) is 0 Å². The van der Waals surface area contributed by atoms with Crippen LogP contribution in [0, 0.1) is 0 Å². The molecule has 0 fully saturated rings. The molecule has 0 aromatic carbocycles. The summed E-state index contributed by atoms with van der Waals surface area (Å²) in [6, 6.07) is -0.616. The molecule has 1 N–H and O–H groups in total. The second-order valence-electron chi connectivity index (χ2n) is 15.6. The van der Waals surface area contributed by atoms with Gasteiger partial charge in [0.2, 0.25) is 0 Å². The van der Waals surface area contributed by atoms with E-state index >= 15 is 0 Å². The maximum atomic E-state index is 12.7. The summed E-state index contributed by atoms with van der Waals surface area (Å²) < 4.78 is 17.2. The highest BCUT2D eigenvalue weighted by Crippen LogP contribution is 2.14. The lowest BCUT2D eigenvalue weighted by Crippen LogP contribution is -2.50. The quantitative estimate of drug-likeness (QED) is 0.0289. The van der Waals surface area contributed by atoms with Gasteiger partial charge in [0.1, 0.15) is 6.61 Å². The van der Waals surface area contributed by atoms with Crippen LogP contribution in [-0.4, -0.2) is 80.6 Å². The van der Waals surface area contributed by atoms with Crippen molar-refractivity contribution in [3.8, 4) is 0 Å². The van der Waals surface area contributed by atoms with E-state index in [2.05, 4.69) is 62.5 Å². The number of unbranched alkanes of at least 4 members (excludes halogenated alkanes) is 16. The number of aliphatic carboxylic acids is 1. The number of carbonyl (C=O) groups is 3. The van der Waals surface area contributed by atoms with Crippen LogP contribution in [0.3, 0.4) is 0 Å². The minimum Gasteiger partial charge on any atom is -0.477 e. The molecular formula is C46H82NO7+. The van der Waals surface area contributed by atoms with E-state index in [9.17, 15) is 19.5 Å². The van der Waals surface area contributed by atoms with Gasteiger partial charge in [-0.3, -0.25) is 9.59 Å². The third kappa shape index (κ3) is 35.0. The third-order valence-electron chi connectivity index (χ3n) is 9.49. The Morgan fingerprint density at radius 2 is 1.04 bits per heavy atom. The zero-order chi connectivity index (χ0) is 40.0. The Morgan fingerprint density at radius 3 is 1.54 bits per heavy atom. The molecule has 0 rings (SSSR count). The fourth-order valence-electron chi connectivity index (χ4n) is 6.14. The maximum Gasteiger partial charge on any atom is 0.362 e. The van der Waals surface area contributed by atoms with E-state index in [0.29, 0.717) is 19.3 Å². The van der Waals surface area contributed by atoms with Gasteiger partial charge in [-0.1, -0.05) is 152 Å². The van der Waals surface area contributed by atoms with Gasteiger partial charge >= 0.3 is 17.9 Å². The first-order chi connectivity index (χ1) is 26.1. The molecule has 0 radical (unpaired) electrons. The molecule has 2 atom stereocenters. The molecule has 8 nitrogen and oxygen atoms in total. The van der Waals surface area contributed by atoms with Crippen molar-refractivity contribution in [3.05, 3.63) is 48.6 Å². The highest BCUT2D eigenvalue weighted by Gasteiger charge is 2.31. The van der Waals surface area contributed by atoms with Gasteiger partial charge < -0.3 is 23.8 Å². The number of carboxylic acid groups (broad SMARTS) is 1. The van der Waals surface area contributed by atoms with Gasteiger partial charge in [0, 0.05) is 19.3 Å². The molecule has 0 aromatic rings. The minimum absolute atomic E-state index is 0.0558. The lowest BCUT2D eigenvalue weighted by molar-refractivity contribution is -0.887. The van der Waals surface area contributed by atoms with Crippen molar-refractivity contribution < 1.29 is 38.2 Å². The van der Waals surface area contributed by atoms with Crippen LogP contribution in [0.1, 0.15) is 174 Å². The topological polar surface area (TPSA) is 99.1 Å². The Morgan fingerprint density at radius 1 is 0.574 bits per heavy atom. The molecule has 0 saturated heterocycles. The normalized spacial score (nSPS) is 13.4. The SMILES string of the molecule is CC/C=C\C/C=C\C/C=C\C/C=C\CCCCCCCCC(=O)OC(COCCC(C(=O)O)[N+](C)(C)C)COC(=O)CCCCCCCCCCCCC. The zero-order valence-electron chi connectivity index (χ0n) is 35.4. The molecule has 0 aliphatic carbocycles. The number of hydrogen-bond donors (Lipinski definition) is 1. The van der Waals surface area contributed by atoms with Crippen LogP contribution in [0.2, 0.25) is 0 Å². The molecule has 2 unspecified atom stereocenters. The standard InChI is InChI=1S/C46H81NO7/c1-6-8-10-12-14-16-18-19-20-21-22-23-24-25-27-29-31-33-35-37-45(49)54-42(40-52-39-38-43(46(50)51)47(3,4)5)41-53-44(48)36-34-32-30-28-26-17-15-13-11-9-7-2/h8,10,14,16,19-20,22-23,42-43H,6-7,9,11-13,15,17-18,21,24-41H2,1-5H3/p+1/b10-8-,16-14-,20-19-,23-22-. The molecule has 8 heteroatoms. The Balaban J connectivity index is 4.36. The van der Waals surface area contributed by atoms with Gasteiger partial charge in [-0.25, -0.2) is 4.79 Å². The first kappa shape index (κ1) is 51.3. The fraction of sp³-hybridized carbons (Fsp3) is 0.761. The average molecular weight is 761 g/mol. The predicted octanol–water partition coefficient (Wildman–Crippen LogP) is 11.6. The molecule has 0 spiro atoms. The molecule has 0 amide bonds. The lowest BCUT2D eigenvalue weighted by Gasteiger charge is -2.31. The fourth-order valence-corrected chi connectivity index (χ4v) is 6.14. The summed E-state index contributed by atoms with van der Waals surface area (Å²) in [7, 11) is 5.52. The highest BCUT2D eigenvalue weighted by molar-refractivity contribution is 5.72. The molecule has 0 saturated carbocycles. The largest absolute Gasteiger partial charge is 0.477 e. The summed E-state index contributed by atoms with van der Waals surface area (Å²) in [5, 5.41) is 9.61. The molecule has 0 aliphatic rings. The second-order valence-corrected chi connectivity index (χ2v) is 15.6. The smallest absolute Gasteiger partial charge is 0.362 e. The van der Waals surface area contributed by atoms with E-state index in [1.54, 1.807) is 0 Å². The van der Waals surface area contributed by atoms with E-state index in [1.165, 1.54) is 64.2 Å². The van der Waals surface area contributed by atoms with Gasteiger partial charge in [0.15, 0.2) is 12.1 Å². The number of likely N-dealkylation sites (N-methyl/N-ethyl adjacent to an activating group) is 1.